The Morgan fingerprint density at radius 3 is 2.83 bits per heavy atom. The number of fused-ring (bicyclic) bond motifs is 1. The first-order chi connectivity index (χ1) is 14.5. The number of carbonyl (C=O) groups is 1. The number of hydrogen-bond donors (Lipinski definition) is 3. The van der Waals surface area contributed by atoms with E-state index in [9.17, 15) is 9.90 Å². The highest BCUT2D eigenvalue weighted by atomic mass is 16.5. The average Bonchev–Trinajstić information content (AvgIpc) is 3.43. The van der Waals surface area contributed by atoms with Crippen molar-refractivity contribution in [2.24, 2.45) is 5.92 Å². The molecule has 0 bridgehead atoms. The van der Waals surface area contributed by atoms with Crippen LogP contribution in [0.3, 0.4) is 0 Å². The molecule has 30 heavy (non-hydrogen) atoms. The van der Waals surface area contributed by atoms with Gasteiger partial charge in [-0.25, -0.2) is 15.0 Å². The summed E-state index contributed by atoms with van der Waals surface area (Å²) in [6.45, 7) is 4.32. The Morgan fingerprint density at radius 1 is 1.33 bits per heavy atom. The van der Waals surface area contributed by atoms with E-state index >= 15 is 0 Å². The lowest BCUT2D eigenvalue weighted by atomic mass is 9.92. The number of carbonyl (C=O) groups excluding carboxylic acids is 1. The normalized spacial score (nSPS) is 20.5. The standard InChI is InChI=1S/C21H28N6O3/c1-13(2)17(28)11-30-15-5-3-14(4-6-15)24-20(29)19-18-16(7-8-23-18)25-21(26-19)27-10-9-22-12-27/h7-10,12-15,17,23,28H,3-6,11H2,1-2H3,(H,24,29)/t14?,15?,17-/m1/s1. The summed E-state index contributed by atoms with van der Waals surface area (Å²) in [5.41, 5.74) is 1.63. The summed E-state index contributed by atoms with van der Waals surface area (Å²) in [6, 6.07) is 1.89. The minimum atomic E-state index is -0.437. The van der Waals surface area contributed by atoms with Gasteiger partial charge in [0.15, 0.2) is 5.69 Å². The molecule has 3 aromatic heterocycles. The summed E-state index contributed by atoms with van der Waals surface area (Å²) >= 11 is 0. The second-order valence-electron chi connectivity index (χ2n) is 8.17. The van der Waals surface area contributed by atoms with Crippen molar-refractivity contribution >= 4 is 16.9 Å². The van der Waals surface area contributed by atoms with Gasteiger partial charge in [0.2, 0.25) is 5.95 Å². The summed E-state index contributed by atoms with van der Waals surface area (Å²) in [7, 11) is 0. The van der Waals surface area contributed by atoms with Crippen LogP contribution in [0, 0.1) is 5.92 Å². The number of nitrogens with one attached hydrogen (secondary N) is 2. The number of aliphatic hydroxyl groups is 1. The molecule has 1 fully saturated rings. The number of H-pyrrole nitrogens is 1. The fourth-order valence-electron chi connectivity index (χ4n) is 3.64. The largest absolute Gasteiger partial charge is 0.390 e. The molecule has 0 aliphatic heterocycles. The third-order valence-corrected chi connectivity index (χ3v) is 5.63. The average molecular weight is 412 g/mol. The number of ether oxygens (including phenoxy) is 1. The molecule has 3 heterocycles. The summed E-state index contributed by atoms with van der Waals surface area (Å²) in [5.74, 6) is 0.377. The maximum atomic E-state index is 13.0. The fraction of sp³-hybridized carbons (Fsp3) is 0.524. The molecule has 1 aliphatic carbocycles. The third-order valence-electron chi connectivity index (χ3n) is 5.63. The van der Waals surface area contributed by atoms with Gasteiger partial charge >= 0.3 is 0 Å². The highest BCUT2D eigenvalue weighted by Crippen LogP contribution is 2.23. The maximum Gasteiger partial charge on any atom is 0.272 e. The van der Waals surface area contributed by atoms with Crippen molar-refractivity contribution in [2.75, 3.05) is 6.61 Å². The van der Waals surface area contributed by atoms with Gasteiger partial charge in [0.25, 0.3) is 5.91 Å². The number of hydrogen-bond acceptors (Lipinski definition) is 6. The minimum absolute atomic E-state index is 0.0732. The Kier molecular flexibility index (Phi) is 6.10. The van der Waals surface area contributed by atoms with E-state index in [0.29, 0.717) is 29.3 Å². The van der Waals surface area contributed by atoms with E-state index in [-0.39, 0.29) is 24.0 Å². The first-order valence-electron chi connectivity index (χ1n) is 10.4. The lowest BCUT2D eigenvalue weighted by molar-refractivity contribution is -0.0399. The van der Waals surface area contributed by atoms with Crippen molar-refractivity contribution in [1.82, 2.24) is 29.8 Å². The number of amides is 1. The quantitative estimate of drug-likeness (QED) is 0.548. The van der Waals surface area contributed by atoms with Crippen molar-refractivity contribution in [3.8, 4) is 5.95 Å². The Bertz CT molecular complexity index is 976. The molecule has 9 nitrogen and oxygen atoms in total. The maximum absolute atomic E-state index is 13.0. The molecular weight excluding hydrogens is 384 g/mol. The zero-order valence-corrected chi connectivity index (χ0v) is 17.3. The molecule has 0 radical (unpaired) electrons. The minimum Gasteiger partial charge on any atom is -0.390 e. The summed E-state index contributed by atoms with van der Waals surface area (Å²) in [4.78, 5) is 29.1. The zero-order valence-electron chi connectivity index (χ0n) is 17.3. The van der Waals surface area contributed by atoms with E-state index in [2.05, 4.69) is 25.3 Å². The van der Waals surface area contributed by atoms with E-state index in [1.165, 1.54) is 0 Å². The van der Waals surface area contributed by atoms with Crippen LogP contribution < -0.4 is 5.32 Å². The molecule has 0 saturated heterocycles. The van der Waals surface area contributed by atoms with Gasteiger partial charge in [-0.1, -0.05) is 13.8 Å². The van der Waals surface area contributed by atoms with Crippen LogP contribution in [0.15, 0.2) is 31.0 Å². The van der Waals surface area contributed by atoms with E-state index < -0.39 is 6.10 Å². The predicted octanol–water partition coefficient (Wildman–Crippen LogP) is 2.22. The summed E-state index contributed by atoms with van der Waals surface area (Å²) in [5, 5.41) is 13.0. The van der Waals surface area contributed by atoms with E-state index in [1.54, 1.807) is 29.5 Å². The van der Waals surface area contributed by atoms with Gasteiger partial charge in [0.1, 0.15) is 6.33 Å². The molecule has 3 N–H and O–H groups in total. The Balaban J connectivity index is 1.39. The zero-order chi connectivity index (χ0) is 21.1. The van der Waals surface area contributed by atoms with Crippen LogP contribution in [0.4, 0.5) is 0 Å². The number of aromatic nitrogens is 5. The molecule has 1 saturated carbocycles. The lowest BCUT2D eigenvalue weighted by Gasteiger charge is -2.30. The van der Waals surface area contributed by atoms with Crippen LogP contribution in [0.5, 0.6) is 0 Å². The van der Waals surface area contributed by atoms with Gasteiger partial charge in [0, 0.05) is 24.6 Å². The highest BCUT2D eigenvalue weighted by Gasteiger charge is 2.26. The number of rotatable bonds is 7. The van der Waals surface area contributed by atoms with Gasteiger partial charge in [-0.15, -0.1) is 0 Å². The molecule has 0 spiro atoms. The van der Waals surface area contributed by atoms with Crippen LogP contribution in [-0.4, -0.2) is 60.4 Å². The molecule has 1 amide bonds. The van der Waals surface area contributed by atoms with Crippen molar-refractivity contribution in [3.05, 3.63) is 36.7 Å². The van der Waals surface area contributed by atoms with E-state index in [4.69, 9.17) is 4.74 Å². The van der Waals surface area contributed by atoms with Crippen molar-refractivity contribution in [3.63, 3.8) is 0 Å². The van der Waals surface area contributed by atoms with Gasteiger partial charge in [-0.3, -0.25) is 9.36 Å². The fourth-order valence-corrected chi connectivity index (χ4v) is 3.64. The molecule has 4 rings (SSSR count). The van der Waals surface area contributed by atoms with Crippen molar-refractivity contribution in [1.29, 1.82) is 0 Å². The Hall–Kier alpha value is -2.78. The topological polar surface area (TPSA) is 118 Å². The van der Waals surface area contributed by atoms with Gasteiger partial charge in [-0.2, -0.15) is 0 Å². The van der Waals surface area contributed by atoms with Gasteiger partial charge < -0.3 is 20.1 Å². The highest BCUT2D eigenvalue weighted by molar-refractivity contribution is 6.03. The summed E-state index contributed by atoms with van der Waals surface area (Å²) < 4.78 is 7.53. The number of imidazole rings is 1. The molecule has 3 aromatic rings. The number of aromatic amines is 1. The molecular formula is C21H28N6O3. The molecule has 0 unspecified atom stereocenters. The molecule has 1 atom stereocenters. The van der Waals surface area contributed by atoms with Gasteiger partial charge in [-0.05, 0) is 37.7 Å². The summed E-state index contributed by atoms with van der Waals surface area (Å²) in [6.07, 6.45) is 9.83. The molecule has 1 aliphatic rings. The van der Waals surface area contributed by atoms with E-state index in [1.807, 2.05) is 19.9 Å². The van der Waals surface area contributed by atoms with Crippen molar-refractivity contribution in [2.45, 2.75) is 57.8 Å². The first-order valence-corrected chi connectivity index (χ1v) is 10.4. The monoisotopic (exact) mass is 412 g/mol. The smallest absolute Gasteiger partial charge is 0.272 e. The van der Waals surface area contributed by atoms with Crippen LogP contribution in [0.2, 0.25) is 0 Å². The first kappa shape index (κ1) is 20.5. The van der Waals surface area contributed by atoms with Crippen LogP contribution in [0.25, 0.3) is 17.0 Å². The molecule has 160 valence electrons. The number of aliphatic hydroxyl groups excluding tert-OH is 1. The SMILES string of the molecule is CC(C)[C@H](O)COC1CCC(NC(=O)c2nc(-n3ccnc3)nc3cc[nH]c23)CC1. The predicted molar refractivity (Wildman–Crippen MR) is 111 cm³/mol. The van der Waals surface area contributed by atoms with Crippen LogP contribution in [0.1, 0.15) is 50.0 Å². The Labute approximate surface area is 174 Å². The van der Waals surface area contributed by atoms with Crippen LogP contribution in [-0.2, 0) is 4.74 Å². The Morgan fingerprint density at radius 2 is 2.13 bits per heavy atom. The lowest BCUT2D eigenvalue weighted by Crippen LogP contribution is -2.40. The third kappa shape index (κ3) is 4.52. The second-order valence-corrected chi connectivity index (χ2v) is 8.17. The van der Waals surface area contributed by atoms with Gasteiger partial charge in [0.05, 0.1) is 29.8 Å². The second kappa shape index (κ2) is 8.93. The van der Waals surface area contributed by atoms with E-state index in [0.717, 1.165) is 25.7 Å². The van der Waals surface area contributed by atoms with Crippen LogP contribution >= 0.6 is 0 Å². The van der Waals surface area contributed by atoms with Crippen molar-refractivity contribution < 1.29 is 14.6 Å². The number of nitrogens with zero attached hydrogens (tertiary/aromatic N) is 4. The molecule has 0 aromatic carbocycles. The molecule has 9 heteroatoms.